The summed E-state index contributed by atoms with van der Waals surface area (Å²) in [5, 5.41) is 3.52. The molecule has 0 aliphatic rings. The summed E-state index contributed by atoms with van der Waals surface area (Å²) in [4.78, 5) is 11.6. The molecule has 0 atom stereocenters. The molecule has 2 rings (SSSR count). The van der Waals surface area contributed by atoms with Gasteiger partial charge in [0.2, 0.25) is 0 Å². The lowest BCUT2D eigenvalue weighted by Gasteiger charge is -1.99. The van der Waals surface area contributed by atoms with E-state index in [1.54, 1.807) is 0 Å². The zero-order valence-corrected chi connectivity index (χ0v) is 8.75. The maximum Gasteiger partial charge on any atom is 0.255 e. The highest BCUT2D eigenvalue weighted by Gasteiger charge is 2.11. The first-order chi connectivity index (χ1) is 7.33. The van der Waals surface area contributed by atoms with E-state index in [4.69, 9.17) is 16.0 Å². The molecule has 15 heavy (non-hydrogen) atoms. The van der Waals surface area contributed by atoms with Crippen LogP contribution in [0.2, 0.25) is 0 Å². The average molecular weight is 224 g/mol. The van der Waals surface area contributed by atoms with Gasteiger partial charge in [0, 0.05) is 17.8 Å². The fraction of sp³-hybridized carbons (Fsp3) is 0.182. The topological polar surface area (TPSA) is 42.2 Å². The van der Waals surface area contributed by atoms with Crippen molar-refractivity contribution in [1.29, 1.82) is 0 Å². The van der Waals surface area contributed by atoms with Crippen LogP contribution in [0.3, 0.4) is 0 Å². The van der Waals surface area contributed by atoms with Crippen molar-refractivity contribution in [3.63, 3.8) is 0 Å². The maximum atomic E-state index is 11.6. The van der Waals surface area contributed by atoms with E-state index in [2.05, 4.69) is 5.32 Å². The number of halogens is 1. The van der Waals surface area contributed by atoms with E-state index >= 15 is 0 Å². The maximum absolute atomic E-state index is 11.6. The number of alkyl halides is 1. The molecule has 1 aromatic heterocycles. The molecular formula is C11H10ClNO2. The second-order valence-electron chi connectivity index (χ2n) is 3.09. The molecule has 4 heteroatoms. The van der Waals surface area contributed by atoms with E-state index in [0.717, 1.165) is 5.39 Å². The van der Waals surface area contributed by atoms with Crippen LogP contribution in [0.15, 0.2) is 34.9 Å². The minimum absolute atomic E-state index is 0.152. The number of rotatable bonds is 3. The molecule has 0 aliphatic heterocycles. The molecule has 0 radical (unpaired) electrons. The molecule has 1 amide bonds. The Morgan fingerprint density at radius 1 is 1.40 bits per heavy atom. The molecule has 0 aliphatic carbocycles. The van der Waals surface area contributed by atoms with Gasteiger partial charge in [-0.05, 0) is 6.07 Å². The number of benzene rings is 1. The Labute approximate surface area is 92.0 Å². The molecule has 0 bridgehead atoms. The van der Waals surface area contributed by atoms with Gasteiger partial charge >= 0.3 is 0 Å². The number of carbonyl (C=O) groups is 1. The highest BCUT2D eigenvalue weighted by molar-refractivity contribution is 6.18. The van der Waals surface area contributed by atoms with Crippen molar-refractivity contribution in [3.8, 4) is 0 Å². The molecule has 78 valence electrons. The van der Waals surface area contributed by atoms with Crippen molar-refractivity contribution in [2.24, 2.45) is 0 Å². The predicted molar refractivity (Wildman–Crippen MR) is 59.3 cm³/mol. The number of nitrogens with one attached hydrogen (secondary N) is 1. The Morgan fingerprint density at radius 2 is 2.20 bits per heavy atom. The van der Waals surface area contributed by atoms with Crippen LogP contribution < -0.4 is 5.32 Å². The monoisotopic (exact) mass is 223 g/mol. The van der Waals surface area contributed by atoms with Gasteiger partial charge < -0.3 is 9.73 Å². The van der Waals surface area contributed by atoms with Gasteiger partial charge in [0.1, 0.15) is 11.8 Å². The zero-order valence-electron chi connectivity index (χ0n) is 8.00. The fourth-order valence-corrected chi connectivity index (χ4v) is 1.50. The SMILES string of the molecule is O=C(NCCCl)c1coc2ccccc12. The van der Waals surface area contributed by atoms with E-state index in [1.807, 2.05) is 24.3 Å². The van der Waals surface area contributed by atoms with Gasteiger partial charge in [-0.1, -0.05) is 18.2 Å². The normalized spacial score (nSPS) is 10.5. The first-order valence-corrected chi connectivity index (χ1v) is 5.17. The third-order valence-electron chi connectivity index (χ3n) is 2.11. The van der Waals surface area contributed by atoms with Gasteiger partial charge in [-0.25, -0.2) is 0 Å². The first-order valence-electron chi connectivity index (χ1n) is 4.63. The summed E-state index contributed by atoms with van der Waals surface area (Å²) < 4.78 is 5.26. The van der Waals surface area contributed by atoms with Gasteiger partial charge in [0.05, 0.1) is 5.56 Å². The van der Waals surface area contributed by atoms with Crippen LogP contribution in [0.25, 0.3) is 11.0 Å². The Bertz CT molecular complexity index is 478. The third-order valence-corrected chi connectivity index (χ3v) is 2.29. The Morgan fingerprint density at radius 3 is 3.00 bits per heavy atom. The second kappa shape index (κ2) is 4.36. The molecule has 3 nitrogen and oxygen atoms in total. The number of amides is 1. The summed E-state index contributed by atoms with van der Waals surface area (Å²) in [7, 11) is 0. The van der Waals surface area contributed by atoms with Crippen molar-refractivity contribution < 1.29 is 9.21 Å². The summed E-state index contributed by atoms with van der Waals surface area (Å²) in [6, 6.07) is 7.42. The molecule has 0 saturated carbocycles. The highest BCUT2D eigenvalue weighted by Crippen LogP contribution is 2.20. The van der Waals surface area contributed by atoms with Gasteiger partial charge in [0.25, 0.3) is 5.91 Å². The lowest BCUT2D eigenvalue weighted by atomic mass is 10.1. The number of para-hydroxylation sites is 1. The van der Waals surface area contributed by atoms with Crippen LogP contribution in [0.4, 0.5) is 0 Å². The van der Waals surface area contributed by atoms with Crippen LogP contribution in [0, 0.1) is 0 Å². The van der Waals surface area contributed by atoms with Crippen LogP contribution in [-0.4, -0.2) is 18.3 Å². The zero-order chi connectivity index (χ0) is 10.7. The van der Waals surface area contributed by atoms with Crippen LogP contribution in [0.1, 0.15) is 10.4 Å². The Kier molecular flexibility index (Phi) is 2.92. The van der Waals surface area contributed by atoms with E-state index in [9.17, 15) is 4.79 Å². The van der Waals surface area contributed by atoms with Crippen molar-refractivity contribution in [3.05, 3.63) is 36.1 Å². The van der Waals surface area contributed by atoms with Crippen LogP contribution in [0.5, 0.6) is 0 Å². The van der Waals surface area contributed by atoms with Crippen molar-refractivity contribution in [2.75, 3.05) is 12.4 Å². The second-order valence-corrected chi connectivity index (χ2v) is 3.47. The van der Waals surface area contributed by atoms with Gasteiger partial charge in [-0.2, -0.15) is 0 Å². The minimum Gasteiger partial charge on any atom is -0.463 e. The number of furan rings is 1. The number of fused-ring (bicyclic) bond motifs is 1. The summed E-state index contributed by atoms with van der Waals surface area (Å²) in [5.74, 6) is 0.252. The average Bonchev–Trinajstić information content (AvgIpc) is 2.69. The smallest absolute Gasteiger partial charge is 0.255 e. The molecule has 1 aromatic carbocycles. The number of carbonyl (C=O) groups excluding carboxylic acids is 1. The third kappa shape index (κ3) is 1.97. The molecule has 0 spiro atoms. The molecule has 1 N–H and O–H groups in total. The largest absolute Gasteiger partial charge is 0.463 e. The summed E-state index contributed by atoms with van der Waals surface area (Å²) in [6.45, 7) is 0.458. The summed E-state index contributed by atoms with van der Waals surface area (Å²) >= 11 is 5.49. The van der Waals surface area contributed by atoms with E-state index in [1.165, 1.54) is 6.26 Å². The van der Waals surface area contributed by atoms with E-state index < -0.39 is 0 Å². The van der Waals surface area contributed by atoms with E-state index in [-0.39, 0.29) is 5.91 Å². The van der Waals surface area contributed by atoms with Crippen molar-refractivity contribution in [1.82, 2.24) is 5.32 Å². The van der Waals surface area contributed by atoms with Gasteiger partial charge in [-0.15, -0.1) is 11.6 Å². The van der Waals surface area contributed by atoms with Gasteiger partial charge in [0.15, 0.2) is 0 Å². The van der Waals surface area contributed by atoms with Crippen molar-refractivity contribution >= 4 is 28.5 Å². The Hall–Kier alpha value is -1.48. The summed E-state index contributed by atoms with van der Waals surface area (Å²) in [5.41, 5.74) is 1.27. The lowest BCUT2D eigenvalue weighted by molar-refractivity contribution is 0.0957. The van der Waals surface area contributed by atoms with Crippen LogP contribution >= 0.6 is 11.6 Å². The Balaban J connectivity index is 2.31. The molecule has 0 unspecified atom stereocenters. The molecular weight excluding hydrogens is 214 g/mol. The number of hydrogen-bond donors (Lipinski definition) is 1. The highest BCUT2D eigenvalue weighted by atomic mass is 35.5. The van der Waals surface area contributed by atoms with Crippen LogP contribution in [-0.2, 0) is 0 Å². The molecule has 1 heterocycles. The molecule has 0 saturated heterocycles. The fourth-order valence-electron chi connectivity index (χ4n) is 1.41. The lowest BCUT2D eigenvalue weighted by Crippen LogP contribution is -2.24. The predicted octanol–water partition coefficient (Wildman–Crippen LogP) is 2.40. The minimum atomic E-state index is -0.152. The summed E-state index contributed by atoms with van der Waals surface area (Å²) in [6.07, 6.45) is 1.47. The van der Waals surface area contributed by atoms with E-state index in [0.29, 0.717) is 23.6 Å². The quantitative estimate of drug-likeness (QED) is 0.812. The van der Waals surface area contributed by atoms with Gasteiger partial charge in [-0.3, -0.25) is 4.79 Å². The number of hydrogen-bond acceptors (Lipinski definition) is 2. The first kappa shape index (κ1) is 10.1. The molecule has 2 aromatic rings. The molecule has 0 fully saturated rings. The van der Waals surface area contributed by atoms with Crippen molar-refractivity contribution in [2.45, 2.75) is 0 Å². The standard InChI is InChI=1S/C11H10ClNO2/c12-5-6-13-11(14)9-7-15-10-4-2-1-3-8(9)10/h1-4,7H,5-6H2,(H,13,14).